The maximum absolute atomic E-state index is 11.8. The molecule has 3 nitrogen and oxygen atoms in total. The molecular formula is C8H12F2N2O. The molecule has 0 aliphatic rings. The van der Waals surface area contributed by atoms with Crippen LogP contribution in [0, 0.1) is 0 Å². The second kappa shape index (κ2) is 4.94. The number of nitrogens with one attached hydrogen (secondary N) is 2. The van der Waals surface area contributed by atoms with Gasteiger partial charge in [-0.05, 0) is 12.1 Å². The molecule has 1 rings (SSSR count). The fourth-order valence-corrected chi connectivity index (χ4v) is 0.921. The van der Waals surface area contributed by atoms with Gasteiger partial charge in [0.05, 0.1) is 0 Å². The van der Waals surface area contributed by atoms with Gasteiger partial charge in [0.2, 0.25) is 0 Å². The Morgan fingerprint density at radius 1 is 1.54 bits per heavy atom. The number of aliphatic hydroxyl groups excluding tert-OH is 1. The quantitative estimate of drug-likeness (QED) is 0.641. The van der Waals surface area contributed by atoms with Gasteiger partial charge in [-0.2, -0.15) is 0 Å². The monoisotopic (exact) mass is 190 g/mol. The van der Waals surface area contributed by atoms with Crippen LogP contribution in [0.3, 0.4) is 0 Å². The summed E-state index contributed by atoms with van der Waals surface area (Å²) in [6.45, 7) is 0.355. The van der Waals surface area contributed by atoms with Gasteiger partial charge in [-0.1, -0.05) is 0 Å². The number of aromatic nitrogens is 1. The van der Waals surface area contributed by atoms with E-state index in [1.165, 1.54) is 0 Å². The van der Waals surface area contributed by atoms with Crippen LogP contribution in [0.4, 0.5) is 8.78 Å². The molecule has 1 unspecified atom stereocenters. The molecule has 1 aromatic rings. The van der Waals surface area contributed by atoms with Gasteiger partial charge in [-0.3, -0.25) is 0 Å². The summed E-state index contributed by atoms with van der Waals surface area (Å²) in [7, 11) is 0. The van der Waals surface area contributed by atoms with Crippen LogP contribution in [0.5, 0.6) is 0 Å². The molecule has 74 valence electrons. The Bertz CT molecular complexity index is 226. The van der Waals surface area contributed by atoms with Crippen molar-refractivity contribution < 1.29 is 13.9 Å². The summed E-state index contributed by atoms with van der Waals surface area (Å²) in [5.74, 6) is 0. The number of rotatable bonds is 5. The highest BCUT2D eigenvalue weighted by Crippen LogP contribution is 1.99. The van der Waals surface area contributed by atoms with Crippen LogP contribution in [0.15, 0.2) is 18.3 Å². The van der Waals surface area contributed by atoms with Crippen molar-refractivity contribution in [3.8, 4) is 0 Å². The molecular weight excluding hydrogens is 178 g/mol. The first kappa shape index (κ1) is 10.1. The van der Waals surface area contributed by atoms with Crippen molar-refractivity contribution in [2.24, 2.45) is 0 Å². The molecule has 0 amide bonds. The summed E-state index contributed by atoms with van der Waals surface area (Å²) in [4.78, 5) is 2.91. The van der Waals surface area contributed by atoms with Crippen molar-refractivity contribution >= 4 is 0 Å². The number of hydrogen-bond donors (Lipinski definition) is 3. The number of aromatic amines is 1. The van der Waals surface area contributed by atoms with E-state index in [1.807, 2.05) is 12.1 Å². The van der Waals surface area contributed by atoms with E-state index in [0.717, 1.165) is 5.69 Å². The first-order valence-electron chi connectivity index (χ1n) is 3.99. The topological polar surface area (TPSA) is 48.0 Å². The predicted molar refractivity (Wildman–Crippen MR) is 44.5 cm³/mol. The normalized spacial score (nSPS) is 13.5. The van der Waals surface area contributed by atoms with E-state index in [4.69, 9.17) is 5.11 Å². The van der Waals surface area contributed by atoms with Crippen molar-refractivity contribution in [2.75, 3.05) is 6.54 Å². The lowest BCUT2D eigenvalue weighted by Gasteiger charge is -2.09. The highest BCUT2D eigenvalue weighted by atomic mass is 19.3. The zero-order valence-corrected chi connectivity index (χ0v) is 7.00. The summed E-state index contributed by atoms with van der Waals surface area (Å²) >= 11 is 0. The van der Waals surface area contributed by atoms with Gasteiger partial charge in [-0.15, -0.1) is 0 Å². The highest BCUT2D eigenvalue weighted by molar-refractivity contribution is 5.02. The van der Waals surface area contributed by atoms with Crippen molar-refractivity contribution in [1.82, 2.24) is 10.3 Å². The molecule has 3 N–H and O–H groups in total. The predicted octanol–water partition coefficient (Wildman–Crippen LogP) is 0.730. The molecule has 0 fully saturated rings. The van der Waals surface area contributed by atoms with E-state index >= 15 is 0 Å². The zero-order chi connectivity index (χ0) is 9.68. The standard InChI is InChI=1S/C8H12F2N2O/c9-8(10)7(13)5-11-4-6-2-1-3-12-6/h1-3,7-8,11-13H,4-5H2. The molecule has 1 aromatic heterocycles. The van der Waals surface area contributed by atoms with Crippen molar-refractivity contribution in [3.05, 3.63) is 24.0 Å². The molecule has 1 atom stereocenters. The average molecular weight is 190 g/mol. The molecule has 0 spiro atoms. The molecule has 0 aromatic carbocycles. The molecule has 5 heteroatoms. The van der Waals surface area contributed by atoms with Gasteiger partial charge in [0.15, 0.2) is 0 Å². The smallest absolute Gasteiger partial charge is 0.265 e. The SMILES string of the molecule is OC(CNCc1ccc[nH]1)C(F)F. The lowest BCUT2D eigenvalue weighted by atomic mass is 10.3. The second-order valence-electron chi connectivity index (χ2n) is 2.73. The van der Waals surface area contributed by atoms with Gasteiger partial charge in [-0.25, -0.2) is 8.78 Å². The Morgan fingerprint density at radius 2 is 2.31 bits per heavy atom. The highest BCUT2D eigenvalue weighted by Gasteiger charge is 2.15. The summed E-state index contributed by atoms with van der Waals surface area (Å²) in [5, 5.41) is 11.4. The van der Waals surface area contributed by atoms with Crippen LogP contribution in [0.1, 0.15) is 5.69 Å². The van der Waals surface area contributed by atoms with E-state index in [9.17, 15) is 8.78 Å². The zero-order valence-electron chi connectivity index (χ0n) is 7.00. The first-order chi connectivity index (χ1) is 6.20. The minimum absolute atomic E-state index is 0.101. The summed E-state index contributed by atoms with van der Waals surface area (Å²) in [5.41, 5.74) is 0.904. The van der Waals surface area contributed by atoms with Crippen LogP contribution in [0.2, 0.25) is 0 Å². The third kappa shape index (κ3) is 3.52. The van der Waals surface area contributed by atoms with E-state index in [-0.39, 0.29) is 6.54 Å². The maximum Gasteiger partial charge on any atom is 0.265 e. The number of hydrogen-bond acceptors (Lipinski definition) is 2. The summed E-state index contributed by atoms with van der Waals surface area (Å²) in [6.07, 6.45) is -2.52. The second-order valence-corrected chi connectivity index (χ2v) is 2.73. The van der Waals surface area contributed by atoms with Crippen LogP contribution >= 0.6 is 0 Å². The van der Waals surface area contributed by atoms with Gasteiger partial charge in [0.25, 0.3) is 6.43 Å². The van der Waals surface area contributed by atoms with Crippen molar-refractivity contribution in [2.45, 2.75) is 19.1 Å². The molecule has 0 saturated carbocycles. The minimum Gasteiger partial charge on any atom is -0.386 e. The summed E-state index contributed by atoms with van der Waals surface area (Å²) in [6, 6.07) is 3.66. The number of halogens is 2. The molecule has 13 heavy (non-hydrogen) atoms. The average Bonchev–Trinajstić information content (AvgIpc) is 2.56. The Kier molecular flexibility index (Phi) is 3.85. The lowest BCUT2D eigenvalue weighted by molar-refractivity contribution is -0.00343. The van der Waals surface area contributed by atoms with Crippen molar-refractivity contribution in [1.29, 1.82) is 0 Å². The Hall–Kier alpha value is -0.940. The van der Waals surface area contributed by atoms with Gasteiger partial charge in [0.1, 0.15) is 6.10 Å². The van der Waals surface area contributed by atoms with Crippen LogP contribution in [-0.4, -0.2) is 29.2 Å². The molecule has 0 aliphatic heterocycles. The van der Waals surface area contributed by atoms with Crippen molar-refractivity contribution in [3.63, 3.8) is 0 Å². The fourth-order valence-electron chi connectivity index (χ4n) is 0.921. The Labute approximate surface area is 74.8 Å². The van der Waals surface area contributed by atoms with Gasteiger partial charge < -0.3 is 15.4 Å². The van der Waals surface area contributed by atoms with E-state index in [0.29, 0.717) is 6.54 Å². The third-order valence-corrected chi connectivity index (χ3v) is 1.62. The molecule has 0 bridgehead atoms. The molecule has 0 saturated heterocycles. The Balaban J connectivity index is 2.14. The summed E-state index contributed by atoms with van der Waals surface area (Å²) < 4.78 is 23.6. The fraction of sp³-hybridized carbons (Fsp3) is 0.500. The lowest BCUT2D eigenvalue weighted by Crippen LogP contribution is -2.31. The minimum atomic E-state index is -2.68. The van der Waals surface area contributed by atoms with Gasteiger partial charge in [0, 0.05) is 25.0 Å². The first-order valence-corrected chi connectivity index (χ1v) is 3.99. The molecule has 0 aliphatic carbocycles. The van der Waals surface area contributed by atoms with Crippen LogP contribution in [0.25, 0.3) is 0 Å². The Morgan fingerprint density at radius 3 is 2.85 bits per heavy atom. The van der Waals surface area contributed by atoms with Gasteiger partial charge >= 0.3 is 0 Å². The van der Waals surface area contributed by atoms with Crippen LogP contribution in [-0.2, 0) is 6.54 Å². The largest absolute Gasteiger partial charge is 0.386 e. The maximum atomic E-state index is 11.8. The van der Waals surface area contributed by atoms with Crippen LogP contribution < -0.4 is 5.32 Å². The molecule has 0 radical (unpaired) electrons. The van der Waals surface area contributed by atoms with E-state index in [2.05, 4.69) is 10.3 Å². The number of alkyl halides is 2. The number of H-pyrrole nitrogens is 1. The third-order valence-electron chi connectivity index (χ3n) is 1.62. The number of aliphatic hydroxyl groups is 1. The van der Waals surface area contributed by atoms with E-state index < -0.39 is 12.5 Å². The molecule has 1 heterocycles. The van der Waals surface area contributed by atoms with E-state index in [1.54, 1.807) is 6.20 Å².